The Morgan fingerprint density at radius 2 is 1.97 bits per heavy atom. The predicted octanol–water partition coefficient (Wildman–Crippen LogP) is 4.80. The lowest BCUT2D eigenvalue weighted by molar-refractivity contribution is 0.143. The van der Waals surface area contributed by atoms with Crippen molar-refractivity contribution in [2.75, 3.05) is 32.8 Å². The molecule has 8 nitrogen and oxygen atoms in total. The van der Waals surface area contributed by atoms with Gasteiger partial charge in [-0.25, -0.2) is 9.97 Å². The average Bonchev–Trinajstić information content (AvgIpc) is 3.54. The number of ether oxygens (including phenoxy) is 2. The second-order valence-corrected chi connectivity index (χ2v) is 10.9. The van der Waals surface area contributed by atoms with E-state index in [1.54, 1.807) is 6.33 Å². The van der Waals surface area contributed by atoms with Crippen LogP contribution in [-0.4, -0.2) is 68.8 Å². The number of hydrogen-bond donors (Lipinski definition) is 1. The number of rotatable bonds is 9. The molecule has 0 spiro atoms. The van der Waals surface area contributed by atoms with E-state index in [9.17, 15) is 0 Å². The Balaban J connectivity index is 1.30. The first kappa shape index (κ1) is 25.1. The molecule has 198 valence electrons. The van der Waals surface area contributed by atoms with Crippen molar-refractivity contribution in [1.82, 2.24) is 29.7 Å². The third-order valence-corrected chi connectivity index (χ3v) is 7.76. The van der Waals surface area contributed by atoms with Gasteiger partial charge in [0.2, 0.25) is 5.88 Å². The van der Waals surface area contributed by atoms with Gasteiger partial charge >= 0.3 is 0 Å². The number of aromatic nitrogens is 4. The van der Waals surface area contributed by atoms with Gasteiger partial charge in [0, 0.05) is 37.8 Å². The van der Waals surface area contributed by atoms with Crippen LogP contribution in [0.2, 0.25) is 5.02 Å². The van der Waals surface area contributed by atoms with Crippen LogP contribution in [0.15, 0.2) is 54.9 Å². The quantitative estimate of drug-likeness (QED) is 0.332. The van der Waals surface area contributed by atoms with Gasteiger partial charge in [0.25, 0.3) is 0 Å². The Morgan fingerprint density at radius 1 is 1.13 bits per heavy atom. The topological polar surface area (TPSA) is 77.3 Å². The highest BCUT2D eigenvalue weighted by atomic mass is 35.5. The molecule has 3 heterocycles. The molecule has 0 amide bonds. The number of imidazole rings is 1. The molecule has 1 aliphatic heterocycles. The molecule has 1 atom stereocenters. The summed E-state index contributed by atoms with van der Waals surface area (Å²) in [6.45, 7) is 9.50. The highest BCUT2D eigenvalue weighted by molar-refractivity contribution is 6.33. The van der Waals surface area contributed by atoms with E-state index in [-0.39, 0.29) is 5.60 Å². The molecule has 6 rings (SSSR count). The smallest absolute Gasteiger partial charge is 0.245 e. The molecule has 4 aromatic rings. The Bertz CT molecular complexity index is 1420. The van der Waals surface area contributed by atoms with Crippen molar-refractivity contribution < 1.29 is 9.47 Å². The van der Waals surface area contributed by atoms with Crippen molar-refractivity contribution in [3.63, 3.8) is 0 Å². The predicted molar refractivity (Wildman–Crippen MR) is 149 cm³/mol. The highest BCUT2D eigenvalue weighted by Crippen LogP contribution is 2.41. The molecule has 0 radical (unpaired) electrons. The summed E-state index contributed by atoms with van der Waals surface area (Å²) in [6.07, 6.45) is 3.57. The maximum absolute atomic E-state index is 6.85. The first-order chi connectivity index (χ1) is 18.5. The largest absolute Gasteiger partial charge is 0.492 e. The zero-order valence-electron chi connectivity index (χ0n) is 21.9. The molecule has 9 heteroatoms. The van der Waals surface area contributed by atoms with E-state index < -0.39 is 0 Å². The van der Waals surface area contributed by atoms with Crippen LogP contribution in [-0.2, 0) is 6.54 Å². The number of fused-ring (bicyclic) bond motifs is 1. The standard InChI is InChI=1S/C29H33ClN6O2/c1-20-17-31-12-13-35(20)14-15-37-22-8-9-23(24(30)16-22)26-34-25-27(36(26)18-21-6-4-3-5-7-21)32-19-33-28(25)38-29(2)10-11-29/h3-9,16,19-20,31H,10-15,17-18H2,1-2H3/t20-/m1/s1. The van der Waals surface area contributed by atoms with E-state index in [0.29, 0.717) is 35.6 Å². The van der Waals surface area contributed by atoms with E-state index in [0.717, 1.165) is 67.4 Å². The molecule has 38 heavy (non-hydrogen) atoms. The van der Waals surface area contributed by atoms with Crippen LogP contribution < -0.4 is 14.8 Å². The molecule has 2 aromatic heterocycles. The fourth-order valence-electron chi connectivity index (χ4n) is 4.89. The summed E-state index contributed by atoms with van der Waals surface area (Å²) in [6, 6.07) is 16.6. The second kappa shape index (κ2) is 10.5. The van der Waals surface area contributed by atoms with Gasteiger partial charge in [-0.3, -0.25) is 4.90 Å². The maximum atomic E-state index is 6.85. The molecular weight excluding hydrogens is 500 g/mol. The minimum absolute atomic E-state index is 0.177. The first-order valence-electron chi connectivity index (χ1n) is 13.3. The zero-order chi connectivity index (χ0) is 26.1. The first-order valence-corrected chi connectivity index (χ1v) is 13.7. The summed E-state index contributed by atoms with van der Waals surface area (Å²) in [5.74, 6) is 1.99. The van der Waals surface area contributed by atoms with Crippen molar-refractivity contribution in [1.29, 1.82) is 0 Å². The lowest BCUT2D eigenvalue weighted by atomic mass is 10.2. The van der Waals surface area contributed by atoms with Crippen LogP contribution in [0.25, 0.3) is 22.6 Å². The molecule has 2 fully saturated rings. The summed E-state index contributed by atoms with van der Waals surface area (Å²) >= 11 is 6.85. The molecule has 1 saturated heterocycles. The third-order valence-electron chi connectivity index (χ3n) is 7.45. The number of hydrogen-bond acceptors (Lipinski definition) is 7. The summed E-state index contributed by atoms with van der Waals surface area (Å²) in [5, 5.41) is 4.00. The van der Waals surface area contributed by atoms with Crippen LogP contribution in [0.1, 0.15) is 32.3 Å². The molecular formula is C29H33ClN6O2. The fraction of sp³-hybridized carbons (Fsp3) is 0.414. The lowest BCUT2D eigenvalue weighted by Gasteiger charge is -2.33. The van der Waals surface area contributed by atoms with E-state index >= 15 is 0 Å². The maximum Gasteiger partial charge on any atom is 0.245 e. The number of piperazine rings is 1. The monoisotopic (exact) mass is 532 g/mol. The van der Waals surface area contributed by atoms with E-state index in [1.165, 1.54) is 0 Å². The van der Waals surface area contributed by atoms with Gasteiger partial charge in [-0.1, -0.05) is 41.9 Å². The highest BCUT2D eigenvalue weighted by Gasteiger charge is 2.41. The molecule has 2 aliphatic rings. The van der Waals surface area contributed by atoms with Crippen molar-refractivity contribution in [2.45, 2.75) is 44.9 Å². The van der Waals surface area contributed by atoms with Gasteiger partial charge in [0.05, 0.1) is 11.6 Å². The molecule has 1 N–H and O–H groups in total. The molecule has 1 aliphatic carbocycles. The summed E-state index contributed by atoms with van der Waals surface area (Å²) in [5.41, 5.74) is 3.14. The van der Waals surface area contributed by atoms with Gasteiger partial charge in [-0.2, -0.15) is 4.98 Å². The van der Waals surface area contributed by atoms with Gasteiger partial charge in [0.15, 0.2) is 11.2 Å². The molecule has 2 aromatic carbocycles. The van der Waals surface area contributed by atoms with Crippen molar-refractivity contribution in [2.24, 2.45) is 0 Å². The fourth-order valence-corrected chi connectivity index (χ4v) is 5.14. The van der Waals surface area contributed by atoms with E-state index in [1.807, 2.05) is 36.4 Å². The van der Waals surface area contributed by atoms with E-state index in [4.69, 9.17) is 26.1 Å². The third kappa shape index (κ3) is 5.34. The van der Waals surface area contributed by atoms with Gasteiger partial charge in [0.1, 0.15) is 30.1 Å². The van der Waals surface area contributed by atoms with Crippen LogP contribution in [0, 0.1) is 0 Å². The van der Waals surface area contributed by atoms with Crippen LogP contribution in [0.4, 0.5) is 0 Å². The van der Waals surface area contributed by atoms with Gasteiger partial charge < -0.3 is 19.4 Å². The molecule has 0 unspecified atom stereocenters. The Morgan fingerprint density at radius 3 is 2.74 bits per heavy atom. The number of halogens is 1. The zero-order valence-corrected chi connectivity index (χ0v) is 22.6. The van der Waals surface area contributed by atoms with E-state index in [2.05, 4.69) is 50.7 Å². The Hall–Kier alpha value is -3.20. The minimum Gasteiger partial charge on any atom is -0.492 e. The molecule has 0 bridgehead atoms. The van der Waals surface area contributed by atoms with Crippen LogP contribution >= 0.6 is 11.6 Å². The van der Waals surface area contributed by atoms with Gasteiger partial charge in [-0.05, 0) is 50.5 Å². The average molecular weight is 533 g/mol. The Kier molecular flexibility index (Phi) is 6.95. The van der Waals surface area contributed by atoms with Crippen LogP contribution in [0.3, 0.4) is 0 Å². The Labute approximate surface area is 228 Å². The minimum atomic E-state index is -0.177. The van der Waals surface area contributed by atoms with Crippen molar-refractivity contribution >= 4 is 22.8 Å². The SMILES string of the molecule is C[C@@H]1CNCCN1CCOc1ccc(-c2nc3c(OC4(C)CC4)ncnc3n2Cc2ccccc2)c(Cl)c1. The van der Waals surface area contributed by atoms with Crippen molar-refractivity contribution in [3.05, 3.63) is 65.4 Å². The number of benzene rings is 2. The normalized spacial score (nSPS) is 19.0. The number of nitrogens with one attached hydrogen (secondary N) is 1. The summed E-state index contributed by atoms with van der Waals surface area (Å²) in [7, 11) is 0. The van der Waals surface area contributed by atoms with Gasteiger partial charge in [-0.15, -0.1) is 0 Å². The van der Waals surface area contributed by atoms with Crippen molar-refractivity contribution in [3.8, 4) is 23.0 Å². The summed E-state index contributed by atoms with van der Waals surface area (Å²) in [4.78, 5) is 16.5. The van der Waals surface area contributed by atoms with Crippen LogP contribution in [0.5, 0.6) is 11.6 Å². The molecule has 1 saturated carbocycles. The number of nitrogens with zero attached hydrogens (tertiary/aromatic N) is 5. The summed E-state index contributed by atoms with van der Waals surface area (Å²) < 4.78 is 14.4. The lowest BCUT2D eigenvalue weighted by Crippen LogP contribution is -2.50. The second-order valence-electron chi connectivity index (χ2n) is 10.5.